The number of benzene rings is 1. The van der Waals surface area contributed by atoms with Gasteiger partial charge >= 0.3 is 0 Å². The fourth-order valence-corrected chi connectivity index (χ4v) is 4.42. The monoisotopic (exact) mass is 322 g/mol. The van der Waals surface area contributed by atoms with Crippen molar-refractivity contribution < 1.29 is 9.90 Å². The maximum absolute atomic E-state index is 12.7. The van der Waals surface area contributed by atoms with E-state index in [4.69, 9.17) is 0 Å². The molecule has 0 bridgehead atoms. The average molecular weight is 323 g/mol. The lowest BCUT2D eigenvalue weighted by Gasteiger charge is -2.41. The van der Waals surface area contributed by atoms with Crippen molar-refractivity contribution in [1.82, 2.24) is 0 Å². The van der Waals surface area contributed by atoms with Gasteiger partial charge in [0.2, 0.25) is 0 Å². The van der Waals surface area contributed by atoms with Gasteiger partial charge in [-0.15, -0.1) is 0 Å². The molecule has 2 nitrogen and oxygen atoms in total. The number of halogens is 1. The number of rotatable bonds is 0. The largest absolute Gasteiger partial charge is 0.392 e. The van der Waals surface area contributed by atoms with Gasteiger partial charge in [0.1, 0.15) is 5.78 Å². The van der Waals surface area contributed by atoms with Gasteiger partial charge in [0.15, 0.2) is 0 Å². The third-order valence-electron chi connectivity index (χ3n) is 4.97. The summed E-state index contributed by atoms with van der Waals surface area (Å²) in [5, 5.41) is 10.1. The second kappa shape index (κ2) is 4.42. The molecule has 3 heteroatoms. The summed E-state index contributed by atoms with van der Waals surface area (Å²) in [4.78, 5) is 12.7. The molecule has 19 heavy (non-hydrogen) atoms. The van der Waals surface area contributed by atoms with Crippen molar-refractivity contribution in [1.29, 1.82) is 0 Å². The van der Waals surface area contributed by atoms with E-state index in [1.54, 1.807) is 0 Å². The fourth-order valence-electron chi connectivity index (χ4n) is 4.01. The summed E-state index contributed by atoms with van der Waals surface area (Å²) < 4.78 is 1.08. The number of hydrogen-bond acceptors (Lipinski definition) is 2. The van der Waals surface area contributed by atoms with Crippen LogP contribution in [0.1, 0.15) is 31.4 Å². The summed E-state index contributed by atoms with van der Waals surface area (Å²) in [7, 11) is 0. The smallest absolute Gasteiger partial charge is 0.145 e. The number of Topliss-reactive ketones (excluding diaryl/α,β-unsaturated/α-hetero) is 1. The second-order valence-electron chi connectivity index (χ2n) is 6.37. The van der Waals surface area contributed by atoms with Gasteiger partial charge in [-0.25, -0.2) is 0 Å². The van der Waals surface area contributed by atoms with E-state index in [0.29, 0.717) is 0 Å². The van der Waals surface area contributed by atoms with Crippen LogP contribution >= 0.6 is 15.9 Å². The van der Waals surface area contributed by atoms with Crippen LogP contribution in [-0.2, 0) is 17.6 Å². The molecule has 2 aliphatic carbocycles. The molecule has 1 N–H and O–H groups in total. The lowest BCUT2D eigenvalue weighted by Crippen LogP contribution is -2.49. The zero-order chi connectivity index (χ0) is 13.8. The first-order valence-electron chi connectivity index (χ1n) is 6.93. The summed E-state index contributed by atoms with van der Waals surface area (Å²) in [6.07, 6.45) is 2.01. The Labute approximate surface area is 122 Å². The first-order valence-corrected chi connectivity index (χ1v) is 7.72. The fraction of sp³-hybridized carbons (Fsp3) is 0.562. The van der Waals surface area contributed by atoms with Gasteiger partial charge < -0.3 is 5.11 Å². The van der Waals surface area contributed by atoms with Crippen molar-refractivity contribution in [3.8, 4) is 0 Å². The number of ketones is 1. The zero-order valence-electron chi connectivity index (χ0n) is 11.3. The molecule has 1 aromatic rings. The molecule has 4 unspecified atom stereocenters. The van der Waals surface area contributed by atoms with E-state index in [0.717, 1.165) is 23.7 Å². The van der Waals surface area contributed by atoms with E-state index in [1.165, 1.54) is 11.1 Å². The summed E-state index contributed by atoms with van der Waals surface area (Å²) in [6.45, 7) is 3.94. The highest BCUT2D eigenvalue weighted by atomic mass is 79.9. The first-order chi connectivity index (χ1) is 8.93. The predicted octanol–water partition coefficient (Wildman–Crippen LogP) is 3.14. The van der Waals surface area contributed by atoms with Gasteiger partial charge in [-0.1, -0.05) is 35.8 Å². The van der Waals surface area contributed by atoms with Gasteiger partial charge in [0, 0.05) is 15.8 Å². The van der Waals surface area contributed by atoms with Crippen LogP contribution < -0.4 is 0 Å². The van der Waals surface area contributed by atoms with Gasteiger partial charge in [-0.2, -0.15) is 0 Å². The van der Waals surface area contributed by atoms with E-state index in [2.05, 4.69) is 35.0 Å². The van der Waals surface area contributed by atoms with Crippen molar-refractivity contribution in [3.63, 3.8) is 0 Å². The Hall–Kier alpha value is -0.670. The van der Waals surface area contributed by atoms with E-state index >= 15 is 0 Å². The van der Waals surface area contributed by atoms with Crippen LogP contribution in [0.25, 0.3) is 0 Å². The SMILES string of the molecule is CC1CC2(Cc3ccc(Br)cc3C2)C(=O)C(C)C1O. The van der Waals surface area contributed by atoms with Crippen molar-refractivity contribution in [2.45, 2.75) is 39.2 Å². The molecule has 4 atom stereocenters. The molecule has 2 aliphatic rings. The Morgan fingerprint density at radius 1 is 1.26 bits per heavy atom. The Morgan fingerprint density at radius 2 is 1.95 bits per heavy atom. The van der Waals surface area contributed by atoms with Crippen LogP contribution in [0.15, 0.2) is 22.7 Å². The Morgan fingerprint density at radius 3 is 2.68 bits per heavy atom. The molecule has 0 aromatic heterocycles. The summed E-state index contributed by atoms with van der Waals surface area (Å²) in [5.74, 6) is 0.220. The quantitative estimate of drug-likeness (QED) is 0.796. The molecule has 1 aromatic carbocycles. The minimum absolute atomic E-state index is 0.199. The van der Waals surface area contributed by atoms with Crippen LogP contribution in [-0.4, -0.2) is 17.0 Å². The summed E-state index contributed by atoms with van der Waals surface area (Å²) in [5.41, 5.74) is 2.33. The van der Waals surface area contributed by atoms with Crippen molar-refractivity contribution in [2.75, 3.05) is 0 Å². The highest BCUT2D eigenvalue weighted by Gasteiger charge is 2.51. The van der Waals surface area contributed by atoms with E-state index in [-0.39, 0.29) is 23.0 Å². The minimum Gasteiger partial charge on any atom is -0.392 e. The first kappa shape index (κ1) is 13.3. The summed E-state index contributed by atoms with van der Waals surface area (Å²) >= 11 is 3.50. The molecule has 0 amide bonds. The predicted molar refractivity (Wildman–Crippen MR) is 77.9 cm³/mol. The Bertz CT molecular complexity index is 540. The summed E-state index contributed by atoms with van der Waals surface area (Å²) in [6, 6.07) is 6.31. The normalized spacial score (nSPS) is 37.7. The van der Waals surface area contributed by atoms with E-state index in [9.17, 15) is 9.90 Å². The number of carbonyl (C=O) groups is 1. The average Bonchev–Trinajstić information content (AvgIpc) is 2.72. The van der Waals surface area contributed by atoms with E-state index < -0.39 is 6.10 Å². The molecular weight excluding hydrogens is 304 g/mol. The molecule has 102 valence electrons. The third kappa shape index (κ3) is 1.98. The Kier molecular flexibility index (Phi) is 3.10. The van der Waals surface area contributed by atoms with Crippen LogP contribution in [0, 0.1) is 17.3 Å². The molecule has 0 aliphatic heterocycles. The van der Waals surface area contributed by atoms with Crippen LogP contribution in [0.3, 0.4) is 0 Å². The molecule has 0 radical (unpaired) electrons. The van der Waals surface area contributed by atoms with Crippen molar-refractivity contribution in [2.24, 2.45) is 17.3 Å². The number of aliphatic hydroxyl groups excluding tert-OH is 1. The third-order valence-corrected chi connectivity index (χ3v) is 5.46. The number of fused-ring (bicyclic) bond motifs is 1. The maximum Gasteiger partial charge on any atom is 0.145 e. The molecule has 0 saturated heterocycles. The highest BCUT2D eigenvalue weighted by molar-refractivity contribution is 9.10. The lowest BCUT2D eigenvalue weighted by molar-refractivity contribution is -0.144. The topological polar surface area (TPSA) is 37.3 Å². The molecule has 1 spiro atoms. The number of hydrogen-bond donors (Lipinski definition) is 1. The van der Waals surface area contributed by atoms with Crippen LogP contribution in [0.4, 0.5) is 0 Å². The molecule has 3 rings (SSSR count). The Balaban J connectivity index is 1.97. The molecule has 1 fully saturated rings. The van der Waals surface area contributed by atoms with E-state index in [1.807, 2.05) is 13.0 Å². The number of carbonyl (C=O) groups excluding carboxylic acids is 1. The minimum atomic E-state index is -0.478. The molecular formula is C16H19BrO2. The van der Waals surface area contributed by atoms with Gasteiger partial charge in [0.25, 0.3) is 0 Å². The lowest BCUT2D eigenvalue weighted by atomic mass is 9.62. The van der Waals surface area contributed by atoms with Crippen LogP contribution in [0.2, 0.25) is 0 Å². The maximum atomic E-state index is 12.7. The van der Waals surface area contributed by atoms with Gasteiger partial charge in [-0.3, -0.25) is 4.79 Å². The van der Waals surface area contributed by atoms with Gasteiger partial charge in [-0.05, 0) is 48.4 Å². The molecule has 0 heterocycles. The molecule has 1 saturated carbocycles. The number of aliphatic hydroxyl groups is 1. The van der Waals surface area contributed by atoms with Crippen molar-refractivity contribution >= 4 is 21.7 Å². The second-order valence-corrected chi connectivity index (χ2v) is 7.29. The zero-order valence-corrected chi connectivity index (χ0v) is 12.9. The highest BCUT2D eigenvalue weighted by Crippen LogP contribution is 2.48. The van der Waals surface area contributed by atoms with Crippen molar-refractivity contribution in [3.05, 3.63) is 33.8 Å². The van der Waals surface area contributed by atoms with Gasteiger partial charge in [0.05, 0.1) is 6.10 Å². The van der Waals surface area contributed by atoms with Crippen LogP contribution in [0.5, 0.6) is 0 Å². The standard InChI is InChI=1S/C16H19BrO2/c1-9-6-16(15(19)10(2)14(9)18)7-11-3-4-13(17)5-12(11)8-16/h3-5,9-10,14,18H,6-8H2,1-2H3.